The Bertz CT molecular complexity index is 510. The Morgan fingerprint density at radius 1 is 0.517 bits per heavy atom. The molecule has 0 aromatic heterocycles. The van der Waals surface area contributed by atoms with Crippen molar-refractivity contribution in [3.05, 3.63) is 23.7 Å². The summed E-state index contributed by atoms with van der Waals surface area (Å²) in [6.07, 6.45) is 2.44. The normalized spacial score (nSPS) is 13.0. The van der Waals surface area contributed by atoms with Crippen molar-refractivity contribution in [1.29, 1.82) is 0 Å². The smallest absolute Gasteiger partial charge is 0.875 e. The molecule has 0 atom stereocenters. The molecule has 0 unspecified atom stereocenters. The van der Waals surface area contributed by atoms with E-state index >= 15 is 0 Å². The molecule has 0 aliphatic heterocycles. The van der Waals surface area contributed by atoms with Gasteiger partial charge in [-0.15, -0.1) is 11.5 Å². The van der Waals surface area contributed by atoms with Gasteiger partial charge in [0, 0.05) is 10.8 Å². The first-order chi connectivity index (χ1) is 11.1. The zero-order chi connectivity index (χ0) is 21.7. The molecule has 0 fully saturated rings. The van der Waals surface area contributed by atoms with Gasteiger partial charge < -0.3 is 21.2 Å². The quantitative estimate of drug-likeness (QED) is 0.458. The molecule has 0 aliphatic carbocycles. The summed E-state index contributed by atoms with van der Waals surface area (Å²) in [5, 5.41) is 22.9. The Hall–Kier alpha value is -1.15. The number of rotatable bonds is 2. The SMILES string of the molecule is CC(C)(C)C(=O)/C=C(\[O-])C(C)(C)C.CC(C)(C)C(=O)/C=C(\[O-])C(C)(C)C.O.O.[Co+2]. The Morgan fingerprint density at radius 3 is 0.793 bits per heavy atom. The van der Waals surface area contributed by atoms with E-state index in [0.29, 0.717) is 0 Å². The molecule has 0 rings (SSSR count). The van der Waals surface area contributed by atoms with Crippen LogP contribution in [0.25, 0.3) is 0 Å². The zero-order valence-corrected chi connectivity index (χ0v) is 21.2. The third-order valence-electron chi connectivity index (χ3n) is 3.48. The van der Waals surface area contributed by atoms with Crippen molar-refractivity contribution in [2.75, 3.05) is 0 Å². The minimum atomic E-state index is -0.457. The third-order valence-corrected chi connectivity index (χ3v) is 3.48. The van der Waals surface area contributed by atoms with Crippen LogP contribution in [0.2, 0.25) is 0 Å². The molecule has 29 heavy (non-hydrogen) atoms. The molecular formula is C22H42CoO6. The molecule has 0 spiro atoms. The number of carbonyl (C=O) groups is 2. The van der Waals surface area contributed by atoms with Crippen LogP contribution in [0, 0.1) is 21.7 Å². The van der Waals surface area contributed by atoms with Crippen LogP contribution in [0.5, 0.6) is 0 Å². The van der Waals surface area contributed by atoms with E-state index in [1.54, 1.807) is 0 Å². The molecular weight excluding hydrogens is 419 g/mol. The molecule has 0 aromatic carbocycles. The monoisotopic (exact) mass is 461 g/mol. The summed E-state index contributed by atoms with van der Waals surface area (Å²) >= 11 is 0. The van der Waals surface area contributed by atoms with Crippen LogP contribution < -0.4 is 10.2 Å². The average molecular weight is 462 g/mol. The molecule has 7 heteroatoms. The molecule has 4 N–H and O–H groups in total. The number of hydrogen-bond donors (Lipinski definition) is 0. The standard InChI is InChI=1S/2C11H20O2.Co.2H2O/c2*1-10(2,3)8(12)7-9(13)11(4,5)6;;;/h2*7,12H,1-6H3;;2*1H2/q;;+2;;/p-2/b2*8-7-;;;. The van der Waals surface area contributed by atoms with Crippen molar-refractivity contribution in [1.82, 2.24) is 0 Å². The molecule has 0 aliphatic rings. The summed E-state index contributed by atoms with van der Waals surface area (Å²) in [6, 6.07) is 0. The van der Waals surface area contributed by atoms with E-state index in [2.05, 4.69) is 0 Å². The summed E-state index contributed by atoms with van der Waals surface area (Å²) in [5.41, 5.74) is -1.83. The van der Waals surface area contributed by atoms with Crippen LogP contribution in [0.1, 0.15) is 83.1 Å². The van der Waals surface area contributed by atoms with E-state index in [-0.39, 0.29) is 50.8 Å². The second-order valence-electron chi connectivity index (χ2n) is 10.7. The number of hydrogen-bond acceptors (Lipinski definition) is 4. The Balaban J connectivity index is -0.000000120. The molecule has 0 aromatic rings. The Kier molecular flexibility index (Phi) is 17.5. The molecule has 1 radical (unpaired) electrons. The van der Waals surface area contributed by atoms with Gasteiger partial charge in [0.2, 0.25) is 0 Å². The summed E-state index contributed by atoms with van der Waals surface area (Å²) in [7, 11) is 0. The van der Waals surface area contributed by atoms with Crippen molar-refractivity contribution in [3.8, 4) is 0 Å². The molecule has 0 saturated carbocycles. The molecule has 0 amide bonds. The van der Waals surface area contributed by atoms with E-state index in [4.69, 9.17) is 0 Å². The summed E-state index contributed by atoms with van der Waals surface area (Å²) in [6.45, 7) is 21.7. The molecule has 0 bridgehead atoms. The maximum absolute atomic E-state index is 11.4. The van der Waals surface area contributed by atoms with E-state index < -0.39 is 21.7 Å². The van der Waals surface area contributed by atoms with Crippen molar-refractivity contribution >= 4 is 11.6 Å². The largest absolute Gasteiger partial charge is 2.00 e. The average Bonchev–Trinajstić information content (AvgIpc) is 2.34. The van der Waals surface area contributed by atoms with E-state index in [1.165, 1.54) is 12.2 Å². The summed E-state index contributed by atoms with van der Waals surface area (Å²) in [5.74, 6) is -0.417. The predicted molar refractivity (Wildman–Crippen MR) is 111 cm³/mol. The van der Waals surface area contributed by atoms with Gasteiger partial charge >= 0.3 is 16.8 Å². The van der Waals surface area contributed by atoms with Gasteiger partial charge in [-0.25, -0.2) is 0 Å². The number of carbonyl (C=O) groups excluding carboxylic acids is 2. The van der Waals surface area contributed by atoms with Gasteiger partial charge in [-0.2, -0.15) is 0 Å². The molecule has 0 saturated heterocycles. The van der Waals surface area contributed by atoms with Gasteiger partial charge in [0.25, 0.3) is 0 Å². The maximum atomic E-state index is 11.4. The second-order valence-corrected chi connectivity index (χ2v) is 10.7. The van der Waals surface area contributed by atoms with Crippen LogP contribution in [-0.2, 0) is 26.4 Å². The van der Waals surface area contributed by atoms with E-state index in [1.807, 2.05) is 83.1 Å². The zero-order valence-electron chi connectivity index (χ0n) is 20.1. The van der Waals surface area contributed by atoms with E-state index in [0.717, 1.165) is 0 Å². The number of ketones is 2. The topological polar surface area (TPSA) is 143 Å². The summed E-state index contributed by atoms with van der Waals surface area (Å²) in [4.78, 5) is 22.9. The second kappa shape index (κ2) is 13.2. The van der Waals surface area contributed by atoms with Gasteiger partial charge in [0.15, 0.2) is 11.6 Å². The van der Waals surface area contributed by atoms with Crippen molar-refractivity contribution in [2.24, 2.45) is 21.7 Å². The van der Waals surface area contributed by atoms with Gasteiger partial charge in [-0.05, 0) is 23.0 Å². The molecule has 0 heterocycles. The first-order valence-corrected chi connectivity index (χ1v) is 8.97. The first kappa shape index (κ1) is 38.5. The predicted octanol–water partition coefficient (Wildman–Crippen LogP) is 2.13. The minimum absolute atomic E-state index is 0. The maximum Gasteiger partial charge on any atom is 2.00 e. The van der Waals surface area contributed by atoms with Crippen LogP contribution in [-0.4, -0.2) is 22.5 Å². The van der Waals surface area contributed by atoms with Gasteiger partial charge in [-0.1, -0.05) is 83.1 Å². The fraction of sp³-hybridized carbons (Fsp3) is 0.727. The summed E-state index contributed by atoms with van der Waals surface area (Å²) < 4.78 is 0. The van der Waals surface area contributed by atoms with Crippen LogP contribution >= 0.6 is 0 Å². The Morgan fingerprint density at radius 2 is 0.690 bits per heavy atom. The fourth-order valence-corrected chi connectivity index (χ4v) is 1.10. The minimum Gasteiger partial charge on any atom is -0.875 e. The van der Waals surface area contributed by atoms with Gasteiger partial charge in [0.1, 0.15) is 0 Å². The van der Waals surface area contributed by atoms with Crippen molar-refractivity contribution in [2.45, 2.75) is 83.1 Å². The fourth-order valence-electron chi connectivity index (χ4n) is 1.10. The van der Waals surface area contributed by atoms with Crippen molar-refractivity contribution in [3.63, 3.8) is 0 Å². The third kappa shape index (κ3) is 17.4. The van der Waals surface area contributed by atoms with Gasteiger partial charge in [0.05, 0.1) is 0 Å². The first-order valence-electron chi connectivity index (χ1n) is 8.97. The van der Waals surface area contributed by atoms with Crippen LogP contribution in [0.15, 0.2) is 23.7 Å². The Labute approximate surface area is 187 Å². The van der Waals surface area contributed by atoms with E-state index in [9.17, 15) is 19.8 Å². The molecule has 6 nitrogen and oxygen atoms in total. The van der Waals surface area contributed by atoms with Crippen LogP contribution in [0.3, 0.4) is 0 Å². The van der Waals surface area contributed by atoms with Gasteiger partial charge in [-0.3, -0.25) is 9.59 Å². The number of allylic oxidation sites excluding steroid dienone is 4. The van der Waals surface area contributed by atoms with Crippen LogP contribution in [0.4, 0.5) is 0 Å². The van der Waals surface area contributed by atoms with Crippen molar-refractivity contribution < 1.29 is 47.5 Å². The molecule has 175 valence electrons.